The van der Waals surface area contributed by atoms with Gasteiger partial charge in [-0.25, -0.2) is 0 Å². The molecule has 0 fully saturated rings. The minimum Gasteiger partial charge on any atom is -0.366 e. The van der Waals surface area contributed by atoms with Crippen molar-refractivity contribution in [1.82, 2.24) is 0 Å². The molecule has 0 radical (unpaired) electrons. The number of hydrogen-bond donors (Lipinski definition) is 2. The van der Waals surface area contributed by atoms with E-state index in [1.165, 1.54) is 0 Å². The molecule has 13 heavy (non-hydrogen) atoms. The van der Waals surface area contributed by atoms with E-state index in [0.717, 1.165) is 12.8 Å². The van der Waals surface area contributed by atoms with Crippen LogP contribution in [0.1, 0.15) is 40.5 Å². The van der Waals surface area contributed by atoms with Crippen LogP contribution in [0.5, 0.6) is 0 Å². The van der Waals surface area contributed by atoms with Gasteiger partial charge in [0.1, 0.15) is 0 Å². The second-order valence-corrected chi connectivity index (χ2v) is 3.28. The summed E-state index contributed by atoms with van der Waals surface area (Å²) in [6.07, 6.45) is 3.86. The van der Waals surface area contributed by atoms with E-state index >= 15 is 0 Å². The Labute approximate surface area is 81.2 Å². The van der Waals surface area contributed by atoms with Crippen LogP contribution in [0.4, 0.5) is 0 Å². The average molecular weight is 186 g/mol. The first-order valence-electron chi connectivity index (χ1n) is 4.63. The van der Waals surface area contributed by atoms with Gasteiger partial charge in [0.05, 0.1) is 0 Å². The van der Waals surface area contributed by atoms with Crippen molar-refractivity contribution in [3.63, 3.8) is 0 Å². The van der Waals surface area contributed by atoms with Gasteiger partial charge in [-0.2, -0.15) is 0 Å². The van der Waals surface area contributed by atoms with Crippen molar-refractivity contribution in [3.05, 3.63) is 11.6 Å². The molecule has 0 unspecified atom stereocenters. The van der Waals surface area contributed by atoms with Crippen molar-refractivity contribution < 1.29 is 4.79 Å². The molecule has 0 aliphatic rings. The number of primary amides is 1. The smallest absolute Gasteiger partial charge is 0.244 e. The van der Waals surface area contributed by atoms with Gasteiger partial charge in [-0.05, 0) is 19.4 Å². The fourth-order valence-electron chi connectivity index (χ4n) is 0.461. The summed E-state index contributed by atoms with van der Waals surface area (Å²) in [6, 6.07) is 0.333. The first kappa shape index (κ1) is 14.7. The Morgan fingerprint density at radius 3 is 2.08 bits per heavy atom. The molecule has 0 saturated carbocycles. The van der Waals surface area contributed by atoms with Gasteiger partial charge in [-0.3, -0.25) is 4.79 Å². The van der Waals surface area contributed by atoms with E-state index in [9.17, 15) is 4.79 Å². The van der Waals surface area contributed by atoms with Crippen LogP contribution in [0.25, 0.3) is 0 Å². The first-order valence-corrected chi connectivity index (χ1v) is 4.63. The highest BCUT2D eigenvalue weighted by molar-refractivity contribution is 5.91. The zero-order valence-electron chi connectivity index (χ0n) is 9.13. The predicted molar refractivity (Wildman–Crippen MR) is 57.2 cm³/mol. The molecule has 0 saturated heterocycles. The van der Waals surface area contributed by atoms with Gasteiger partial charge in [0.25, 0.3) is 0 Å². The van der Waals surface area contributed by atoms with Crippen molar-refractivity contribution in [1.29, 1.82) is 0 Å². The standard InChI is InChI=1S/C7H13NO.C3H9N/c1-3-4-5-6(2)7(8)9;1-3(2)4/h5H,3-4H2,1-2H3,(H2,8,9);3H,4H2,1-2H3. The molecular weight excluding hydrogens is 164 g/mol. The van der Waals surface area contributed by atoms with Gasteiger partial charge in [0.2, 0.25) is 5.91 Å². The quantitative estimate of drug-likeness (QED) is 0.657. The Morgan fingerprint density at radius 2 is 1.85 bits per heavy atom. The zero-order chi connectivity index (χ0) is 10.9. The molecule has 78 valence electrons. The Balaban J connectivity index is 0. The maximum atomic E-state index is 10.4. The van der Waals surface area contributed by atoms with Gasteiger partial charge >= 0.3 is 0 Å². The van der Waals surface area contributed by atoms with Crippen molar-refractivity contribution in [2.75, 3.05) is 0 Å². The molecule has 0 aromatic rings. The molecule has 0 spiro atoms. The van der Waals surface area contributed by atoms with Gasteiger partial charge < -0.3 is 11.5 Å². The SMILES string of the molecule is CC(C)N.CCCC=C(C)C(N)=O. The van der Waals surface area contributed by atoms with E-state index in [1.54, 1.807) is 6.92 Å². The molecule has 0 bridgehead atoms. The van der Waals surface area contributed by atoms with Gasteiger partial charge in [0, 0.05) is 5.57 Å². The number of hydrogen-bond acceptors (Lipinski definition) is 2. The maximum absolute atomic E-state index is 10.4. The average Bonchev–Trinajstić information content (AvgIpc) is 1.98. The van der Waals surface area contributed by atoms with Gasteiger partial charge in [0.15, 0.2) is 0 Å². The summed E-state index contributed by atoms with van der Waals surface area (Å²) in [5.41, 5.74) is 10.7. The van der Waals surface area contributed by atoms with E-state index in [4.69, 9.17) is 11.5 Å². The van der Waals surface area contributed by atoms with Gasteiger partial charge in [-0.1, -0.05) is 33.3 Å². The number of carbonyl (C=O) groups is 1. The summed E-state index contributed by atoms with van der Waals surface area (Å²) in [7, 11) is 0. The minimum absolute atomic E-state index is 0.316. The lowest BCUT2D eigenvalue weighted by atomic mass is 10.2. The number of amides is 1. The van der Waals surface area contributed by atoms with Crippen LogP contribution >= 0.6 is 0 Å². The van der Waals surface area contributed by atoms with E-state index in [0.29, 0.717) is 11.6 Å². The van der Waals surface area contributed by atoms with E-state index in [2.05, 4.69) is 6.92 Å². The molecule has 4 N–H and O–H groups in total. The van der Waals surface area contributed by atoms with Gasteiger partial charge in [-0.15, -0.1) is 0 Å². The number of unbranched alkanes of at least 4 members (excludes halogenated alkanes) is 1. The second-order valence-electron chi connectivity index (χ2n) is 3.28. The molecule has 3 nitrogen and oxygen atoms in total. The monoisotopic (exact) mass is 186 g/mol. The Bertz CT molecular complexity index is 160. The summed E-state index contributed by atoms with van der Waals surface area (Å²) in [4.78, 5) is 10.4. The summed E-state index contributed by atoms with van der Waals surface area (Å²) in [6.45, 7) is 7.68. The molecule has 3 heteroatoms. The molecule has 0 aromatic carbocycles. The van der Waals surface area contributed by atoms with E-state index in [-0.39, 0.29) is 5.91 Å². The summed E-state index contributed by atoms with van der Waals surface area (Å²) >= 11 is 0. The maximum Gasteiger partial charge on any atom is 0.244 e. The molecule has 1 amide bonds. The van der Waals surface area contributed by atoms with Crippen LogP contribution < -0.4 is 11.5 Å². The fourth-order valence-corrected chi connectivity index (χ4v) is 0.461. The van der Waals surface area contributed by atoms with Crippen LogP contribution in [0.3, 0.4) is 0 Å². The van der Waals surface area contributed by atoms with E-state index in [1.807, 2.05) is 19.9 Å². The third kappa shape index (κ3) is 18.3. The van der Waals surface area contributed by atoms with E-state index < -0.39 is 0 Å². The van der Waals surface area contributed by atoms with Crippen LogP contribution in [0.15, 0.2) is 11.6 Å². The molecule has 0 heterocycles. The van der Waals surface area contributed by atoms with Crippen LogP contribution in [-0.2, 0) is 4.79 Å². The normalized spacial score (nSPS) is 10.8. The molecular formula is C10H22N2O. The number of carbonyl (C=O) groups excluding carboxylic acids is 1. The second kappa shape index (κ2) is 9.26. The van der Waals surface area contributed by atoms with Crippen LogP contribution in [0, 0.1) is 0 Å². The molecule has 0 rings (SSSR count). The topological polar surface area (TPSA) is 69.1 Å². The molecule has 0 aliphatic heterocycles. The third-order valence-electron chi connectivity index (χ3n) is 1.13. The highest BCUT2D eigenvalue weighted by Gasteiger charge is 1.93. The first-order chi connectivity index (χ1) is 5.91. The minimum atomic E-state index is -0.316. The molecule has 0 aromatic heterocycles. The predicted octanol–water partition coefficient (Wildman–Crippen LogP) is 1.57. The van der Waals surface area contributed by atoms with Crippen LogP contribution in [0.2, 0.25) is 0 Å². The lowest BCUT2D eigenvalue weighted by Crippen LogP contribution is -2.11. The molecule has 0 aliphatic carbocycles. The number of allylic oxidation sites excluding steroid dienone is 1. The van der Waals surface area contributed by atoms with Crippen molar-refractivity contribution in [3.8, 4) is 0 Å². The summed E-state index contributed by atoms with van der Waals surface area (Å²) in [5, 5.41) is 0. The Kier molecular flexibility index (Phi) is 10.5. The van der Waals surface area contributed by atoms with Crippen LogP contribution in [-0.4, -0.2) is 11.9 Å². The highest BCUT2D eigenvalue weighted by atomic mass is 16.1. The summed E-state index contributed by atoms with van der Waals surface area (Å²) in [5.74, 6) is -0.316. The largest absolute Gasteiger partial charge is 0.366 e. The third-order valence-corrected chi connectivity index (χ3v) is 1.13. The summed E-state index contributed by atoms with van der Waals surface area (Å²) < 4.78 is 0. The lowest BCUT2D eigenvalue weighted by Gasteiger charge is -1.90. The van der Waals surface area contributed by atoms with Crippen molar-refractivity contribution in [2.24, 2.45) is 11.5 Å². The number of nitrogens with two attached hydrogens (primary N) is 2. The number of rotatable bonds is 3. The fraction of sp³-hybridized carbons (Fsp3) is 0.700. The Hall–Kier alpha value is -0.830. The molecule has 0 atom stereocenters. The zero-order valence-corrected chi connectivity index (χ0v) is 9.13. The Morgan fingerprint density at radius 1 is 1.46 bits per heavy atom. The van der Waals surface area contributed by atoms with Crippen molar-refractivity contribution >= 4 is 5.91 Å². The highest BCUT2D eigenvalue weighted by Crippen LogP contribution is 1.95. The lowest BCUT2D eigenvalue weighted by molar-refractivity contribution is -0.114. The van der Waals surface area contributed by atoms with Crippen molar-refractivity contribution in [2.45, 2.75) is 46.6 Å².